The van der Waals surface area contributed by atoms with Crippen LogP contribution in [0.5, 0.6) is 0 Å². The van der Waals surface area contributed by atoms with Crippen molar-refractivity contribution in [3.63, 3.8) is 0 Å². The van der Waals surface area contributed by atoms with Gasteiger partial charge in [-0.2, -0.15) is 9.61 Å². The molecule has 0 unspecified atom stereocenters. The average molecular weight is 377 g/mol. The number of amides is 1. The van der Waals surface area contributed by atoms with Crippen molar-refractivity contribution in [3.05, 3.63) is 53.9 Å². The fourth-order valence-electron chi connectivity index (χ4n) is 2.55. The molecule has 1 aromatic carbocycles. The van der Waals surface area contributed by atoms with Crippen LogP contribution in [-0.2, 0) is 4.79 Å². The fourth-order valence-corrected chi connectivity index (χ4v) is 3.24. The van der Waals surface area contributed by atoms with Crippen LogP contribution in [0.4, 0.5) is 5.69 Å². The first-order chi connectivity index (χ1) is 12.9. The van der Waals surface area contributed by atoms with E-state index in [0.29, 0.717) is 5.65 Å². The molecule has 0 radical (unpaired) electrons. The highest BCUT2D eigenvalue weighted by Gasteiger charge is 2.21. The summed E-state index contributed by atoms with van der Waals surface area (Å²) in [5.74, 6) is 0.718. The van der Waals surface area contributed by atoms with Gasteiger partial charge in [0.1, 0.15) is 0 Å². The Morgan fingerprint density at radius 1 is 1.04 bits per heavy atom. The highest BCUT2D eigenvalue weighted by atomic mass is 32.1. The second-order valence-electron chi connectivity index (χ2n) is 7.27. The van der Waals surface area contributed by atoms with E-state index in [1.54, 1.807) is 15.9 Å². The number of anilines is 1. The van der Waals surface area contributed by atoms with Crippen molar-refractivity contribution in [2.75, 3.05) is 5.32 Å². The maximum Gasteiger partial charge on any atom is 0.229 e. The van der Waals surface area contributed by atoms with Gasteiger partial charge >= 0.3 is 0 Å². The van der Waals surface area contributed by atoms with Gasteiger partial charge < -0.3 is 5.32 Å². The number of fused-ring (bicyclic) bond motifs is 1. The fraction of sp³-hybridized carbons (Fsp3) is 0.200. The van der Waals surface area contributed by atoms with E-state index in [4.69, 9.17) is 5.10 Å². The molecule has 0 bridgehead atoms. The van der Waals surface area contributed by atoms with E-state index in [1.807, 2.05) is 74.7 Å². The van der Waals surface area contributed by atoms with Crippen molar-refractivity contribution in [2.24, 2.45) is 5.41 Å². The van der Waals surface area contributed by atoms with Gasteiger partial charge in [-0.3, -0.25) is 4.79 Å². The molecule has 0 spiro atoms. The molecule has 27 heavy (non-hydrogen) atoms. The minimum atomic E-state index is -0.433. The Bertz CT molecular complexity index is 1090. The molecule has 6 nitrogen and oxygen atoms in total. The highest BCUT2D eigenvalue weighted by molar-refractivity contribution is 7.13. The lowest BCUT2D eigenvalue weighted by Crippen LogP contribution is -2.27. The molecule has 0 atom stereocenters. The standard InChI is InChI=1S/C20H19N5OS/c1-20(2,3)19(26)21-14-8-6-13(7-9-14)15-10-11-17-22-23-18(25(17)24-15)16-5-4-12-27-16/h4-12H,1-3H3,(H,21,26). The Hall–Kier alpha value is -3.06. The molecule has 3 heterocycles. The van der Waals surface area contributed by atoms with Crippen molar-refractivity contribution in [3.8, 4) is 22.0 Å². The minimum Gasteiger partial charge on any atom is -0.326 e. The number of thiophene rings is 1. The van der Waals surface area contributed by atoms with E-state index in [1.165, 1.54) is 0 Å². The van der Waals surface area contributed by atoms with E-state index < -0.39 is 5.41 Å². The smallest absolute Gasteiger partial charge is 0.229 e. The van der Waals surface area contributed by atoms with Crippen molar-refractivity contribution in [1.82, 2.24) is 19.8 Å². The molecule has 4 rings (SSSR count). The van der Waals surface area contributed by atoms with Gasteiger partial charge in [0, 0.05) is 16.7 Å². The molecule has 3 aromatic heterocycles. The van der Waals surface area contributed by atoms with E-state index >= 15 is 0 Å². The van der Waals surface area contributed by atoms with Gasteiger partial charge in [0.05, 0.1) is 10.6 Å². The van der Waals surface area contributed by atoms with Crippen LogP contribution in [-0.4, -0.2) is 25.7 Å². The van der Waals surface area contributed by atoms with Crippen LogP contribution in [0.2, 0.25) is 0 Å². The van der Waals surface area contributed by atoms with Crippen molar-refractivity contribution < 1.29 is 4.79 Å². The summed E-state index contributed by atoms with van der Waals surface area (Å²) in [6, 6.07) is 15.5. The molecular weight excluding hydrogens is 358 g/mol. The first-order valence-electron chi connectivity index (χ1n) is 8.60. The molecule has 0 fully saturated rings. The lowest BCUT2D eigenvalue weighted by Gasteiger charge is -2.17. The summed E-state index contributed by atoms with van der Waals surface area (Å²) in [5, 5.41) is 18.1. The van der Waals surface area contributed by atoms with Gasteiger partial charge in [0.15, 0.2) is 11.5 Å². The number of carbonyl (C=O) groups excluding carboxylic acids is 1. The Morgan fingerprint density at radius 3 is 2.48 bits per heavy atom. The Labute approximate surface area is 160 Å². The molecule has 1 amide bonds. The summed E-state index contributed by atoms with van der Waals surface area (Å²) in [5.41, 5.74) is 2.81. The van der Waals surface area contributed by atoms with Gasteiger partial charge in [-0.1, -0.05) is 39.0 Å². The topological polar surface area (TPSA) is 72.2 Å². The molecule has 0 saturated carbocycles. The van der Waals surface area contributed by atoms with Crippen LogP contribution in [0, 0.1) is 5.41 Å². The van der Waals surface area contributed by atoms with Gasteiger partial charge in [0.2, 0.25) is 5.91 Å². The van der Waals surface area contributed by atoms with Crippen LogP contribution in [0.25, 0.3) is 27.6 Å². The number of rotatable bonds is 3. The van der Waals surface area contributed by atoms with Gasteiger partial charge in [-0.15, -0.1) is 21.5 Å². The molecule has 7 heteroatoms. The zero-order valence-electron chi connectivity index (χ0n) is 15.3. The molecule has 0 aliphatic heterocycles. The largest absolute Gasteiger partial charge is 0.326 e. The van der Waals surface area contributed by atoms with E-state index in [0.717, 1.165) is 27.6 Å². The van der Waals surface area contributed by atoms with Crippen LogP contribution in [0.15, 0.2) is 53.9 Å². The highest BCUT2D eigenvalue weighted by Crippen LogP contribution is 2.25. The van der Waals surface area contributed by atoms with Crippen LogP contribution in [0.3, 0.4) is 0 Å². The van der Waals surface area contributed by atoms with E-state index in [2.05, 4.69) is 15.5 Å². The number of nitrogens with zero attached hydrogens (tertiary/aromatic N) is 4. The first kappa shape index (κ1) is 17.4. The Morgan fingerprint density at radius 2 is 1.81 bits per heavy atom. The Balaban J connectivity index is 1.64. The third-order valence-electron chi connectivity index (χ3n) is 4.12. The molecule has 0 aliphatic carbocycles. The lowest BCUT2D eigenvalue weighted by atomic mass is 9.95. The monoisotopic (exact) mass is 377 g/mol. The third kappa shape index (κ3) is 3.46. The summed E-state index contributed by atoms with van der Waals surface area (Å²) >= 11 is 1.60. The van der Waals surface area contributed by atoms with Gasteiger partial charge in [0.25, 0.3) is 0 Å². The summed E-state index contributed by atoms with van der Waals surface area (Å²) < 4.78 is 1.76. The van der Waals surface area contributed by atoms with Gasteiger partial charge in [-0.25, -0.2) is 0 Å². The minimum absolute atomic E-state index is 0.0140. The normalized spacial score (nSPS) is 11.7. The van der Waals surface area contributed by atoms with Crippen LogP contribution >= 0.6 is 11.3 Å². The third-order valence-corrected chi connectivity index (χ3v) is 4.99. The molecule has 0 aliphatic rings. The van der Waals surface area contributed by atoms with Crippen LogP contribution in [0.1, 0.15) is 20.8 Å². The molecule has 136 valence electrons. The predicted octanol–water partition coefficient (Wildman–Crippen LogP) is 4.50. The molecule has 4 aromatic rings. The number of nitrogens with one attached hydrogen (secondary N) is 1. The average Bonchev–Trinajstić information content (AvgIpc) is 3.30. The number of aromatic nitrogens is 4. The van der Waals surface area contributed by atoms with Crippen molar-refractivity contribution in [1.29, 1.82) is 0 Å². The lowest BCUT2D eigenvalue weighted by molar-refractivity contribution is -0.123. The number of hydrogen-bond donors (Lipinski definition) is 1. The summed E-state index contributed by atoms with van der Waals surface area (Å²) in [4.78, 5) is 13.1. The van der Waals surface area contributed by atoms with Crippen LogP contribution < -0.4 is 5.32 Å². The van der Waals surface area contributed by atoms with Crippen molar-refractivity contribution >= 4 is 28.6 Å². The summed E-state index contributed by atoms with van der Waals surface area (Å²) in [6.45, 7) is 5.67. The van der Waals surface area contributed by atoms with Crippen molar-refractivity contribution in [2.45, 2.75) is 20.8 Å². The van der Waals surface area contributed by atoms with Gasteiger partial charge in [-0.05, 0) is 35.7 Å². The number of carbonyl (C=O) groups is 1. The molecule has 1 N–H and O–H groups in total. The first-order valence-corrected chi connectivity index (χ1v) is 9.48. The molecular formula is C20H19N5OS. The van der Waals surface area contributed by atoms with E-state index in [9.17, 15) is 4.79 Å². The molecule has 0 saturated heterocycles. The second-order valence-corrected chi connectivity index (χ2v) is 8.22. The quantitative estimate of drug-likeness (QED) is 0.570. The SMILES string of the molecule is CC(C)(C)C(=O)Nc1ccc(-c2ccc3nnc(-c4cccs4)n3n2)cc1. The number of hydrogen-bond acceptors (Lipinski definition) is 5. The number of benzene rings is 1. The summed E-state index contributed by atoms with van der Waals surface area (Å²) in [7, 11) is 0. The maximum atomic E-state index is 12.1. The van der Waals surface area contributed by atoms with E-state index in [-0.39, 0.29) is 5.91 Å². The Kier molecular flexibility index (Phi) is 4.24. The summed E-state index contributed by atoms with van der Waals surface area (Å²) in [6.07, 6.45) is 0. The zero-order chi connectivity index (χ0) is 19.0. The second kappa shape index (κ2) is 6.59. The zero-order valence-corrected chi connectivity index (χ0v) is 16.1. The predicted molar refractivity (Wildman–Crippen MR) is 108 cm³/mol. The maximum absolute atomic E-state index is 12.1.